The van der Waals surface area contributed by atoms with Gasteiger partial charge in [-0.3, -0.25) is 0 Å². The first kappa shape index (κ1) is 10.4. The highest BCUT2D eigenvalue weighted by Gasteiger charge is 1.61. The minimum atomic E-state index is 0. The first-order chi connectivity index (χ1) is 2.77. The molecule has 0 aliphatic rings. The normalized spacial score (nSPS) is 5.57. The van der Waals surface area contributed by atoms with Gasteiger partial charge in [0.05, 0.1) is 0 Å². The van der Waals surface area contributed by atoms with Crippen molar-refractivity contribution in [3.8, 4) is 0 Å². The van der Waals surface area contributed by atoms with Crippen molar-refractivity contribution in [2.75, 3.05) is 0 Å². The van der Waals surface area contributed by atoms with Crippen LogP contribution in [0.15, 0.2) is 16.7 Å². The zero-order chi connectivity index (χ0) is 4.99. The van der Waals surface area contributed by atoms with Gasteiger partial charge >= 0.3 is 0 Å². The van der Waals surface area contributed by atoms with Crippen LogP contribution in [0.4, 0.5) is 0 Å². The Hall–Kier alpha value is 0.350. The molecule has 0 unspecified atom stereocenters. The molecule has 7 heavy (non-hydrogen) atoms. The summed E-state index contributed by atoms with van der Waals surface area (Å²) in [5, 5.41) is 0. The van der Waals surface area contributed by atoms with Gasteiger partial charge in [-0.1, -0.05) is 0 Å². The predicted octanol–water partition coefficient (Wildman–Crippen LogP) is 2.57. The van der Waals surface area contributed by atoms with Crippen molar-refractivity contribution in [1.29, 1.82) is 0 Å². The highest BCUT2D eigenvalue weighted by molar-refractivity contribution is 8.93. The van der Waals surface area contributed by atoms with Crippen molar-refractivity contribution in [1.82, 2.24) is 0 Å². The molecule has 0 aromatic carbocycles. The Labute approximate surface area is 60.5 Å². The van der Waals surface area contributed by atoms with Gasteiger partial charge in [-0.15, -0.1) is 35.3 Å². The Morgan fingerprint density at radius 1 is 1.71 bits per heavy atom. The smallest absolute Gasteiger partial charge is 0.0200 e. The first-order valence-electron chi connectivity index (χ1n) is 1.84. The molecule has 0 spiro atoms. The van der Waals surface area contributed by atoms with E-state index in [1.54, 1.807) is 0 Å². The van der Waals surface area contributed by atoms with Gasteiger partial charge in [-0.05, 0) is 19.9 Å². The monoisotopic (exact) mass is 180 g/mol. The summed E-state index contributed by atoms with van der Waals surface area (Å²) >= 11 is 3.95. The summed E-state index contributed by atoms with van der Waals surface area (Å²) in [5.74, 6) is 0. The van der Waals surface area contributed by atoms with E-state index in [-0.39, 0.29) is 17.0 Å². The number of hydrogen-bond donors (Lipinski definition) is 1. The lowest BCUT2D eigenvalue weighted by Crippen LogP contribution is -1.43. The molecule has 0 N–H and O–H groups in total. The van der Waals surface area contributed by atoms with E-state index in [0.717, 1.165) is 4.91 Å². The SMILES string of the molecule is Br.CC=C=C(C)S. The van der Waals surface area contributed by atoms with Gasteiger partial charge in [0, 0.05) is 4.91 Å². The molecule has 0 bridgehead atoms. The quantitative estimate of drug-likeness (QED) is 0.431. The fourth-order valence-electron chi connectivity index (χ4n) is 0.209. The molecule has 0 aromatic heterocycles. The summed E-state index contributed by atoms with van der Waals surface area (Å²) < 4.78 is 0. The van der Waals surface area contributed by atoms with Crippen LogP contribution in [0, 0.1) is 0 Å². The summed E-state index contributed by atoms with van der Waals surface area (Å²) in [6.07, 6.45) is 1.84. The Bertz CT molecular complexity index is 86.3. The fourth-order valence-corrected chi connectivity index (χ4v) is 0.338. The maximum absolute atomic E-state index is 3.95. The number of halogens is 1. The van der Waals surface area contributed by atoms with E-state index in [1.165, 1.54) is 0 Å². The molecule has 0 amide bonds. The average molecular weight is 181 g/mol. The standard InChI is InChI=1S/C5H8S.BrH/c1-3-4-5(2)6;/h3,6H,1-2H3;1H. The van der Waals surface area contributed by atoms with Gasteiger partial charge in [0.1, 0.15) is 0 Å². The van der Waals surface area contributed by atoms with Gasteiger partial charge < -0.3 is 0 Å². The van der Waals surface area contributed by atoms with Gasteiger partial charge in [-0.25, -0.2) is 0 Å². The van der Waals surface area contributed by atoms with Crippen LogP contribution in [0.2, 0.25) is 0 Å². The molecule has 0 nitrogen and oxygen atoms in total. The molecule has 0 fully saturated rings. The molecule has 42 valence electrons. The van der Waals surface area contributed by atoms with E-state index < -0.39 is 0 Å². The number of allylic oxidation sites excluding steroid dienone is 1. The third kappa shape index (κ3) is 10.7. The highest BCUT2D eigenvalue weighted by Crippen LogP contribution is 1.90. The van der Waals surface area contributed by atoms with E-state index in [1.807, 2.05) is 19.9 Å². The van der Waals surface area contributed by atoms with Crippen molar-refractivity contribution in [2.24, 2.45) is 0 Å². The van der Waals surface area contributed by atoms with Crippen LogP contribution in [-0.4, -0.2) is 0 Å². The largest absolute Gasteiger partial charge is 0.140 e. The molecular formula is C5H9BrS. The van der Waals surface area contributed by atoms with Gasteiger partial charge in [0.2, 0.25) is 0 Å². The zero-order valence-electron chi connectivity index (χ0n) is 4.43. The topological polar surface area (TPSA) is 0 Å². The number of hydrogen-bond acceptors (Lipinski definition) is 1. The highest BCUT2D eigenvalue weighted by atomic mass is 79.9. The molecule has 0 aliphatic carbocycles. The Morgan fingerprint density at radius 2 is 2.14 bits per heavy atom. The molecular weight excluding hydrogens is 172 g/mol. The van der Waals surface area contributed by atoms with Crippen molar-refractivity contribution < 1.29 is 0 Å². The maximum Gasteiger partial charge on any atom is 0.0200 e. The minimum absolute atomic E-state index is 0. The van der Waals surface area contributed by atoms with Crippen molar-refractivity contribution in [2.45, 2.75) is 13.8 Å². The lowest BCUT2D eigenvalue weighted by molar-refractivity contribution is 1.67. The molecule has 0 saturated carbocycles. The maximum atomic E-state index is 3.95. The van der Waals surface area contributed by atoms with Gasteiger partial charge in [-0.2, -0.15) is 0 Å². The van der Waals surface area contributed by atoms with Crippen LogP contribution in [0.5, 0.6) is 0 Å². The average Bonchev–Trinajstić information content (AvgIpc) is 1.35. The summed E-state index contributed by atoms with van der Waals surface area (Å²) in [6, 6.07) is 0. The second-order valence-electron chi connectivity index (χ2n) is 1.02. The molecule has 0 rings (SSSR count). The van der Waals surface area contributed by atoms with E-state index in [9.17, 15) is 0 Å². The van der Waals surface area contributed by atoms with Crippen LogP contribution in [0.25, 0.3) is 0 Å². The van der Waals surface area contributed by atoms with Crippen molar-refractivity contribution in [3.63, 3.8) is 0 Å². The second-order valence-corrected chi connectivity index (χ2v) is 1.69. The lowest BCUT2D eigenvalue weighted by atomic mass is 10.6. The van der Waals surface area contributed by atoms with Crippen LogP contribution in [0.1, 0.15) is 13.8 Å². The molecule has 0 aromatic rings. The van der Waals surface area contributed by atoms with Crippen LogP contribution < -0.4 is 0 Å². The Kier molecular flexibility index (Phi) is 9.39. The van der Waals surface area contributed by atoms with E-state index in [4.69, 9.17) is 0 Å². The van der Waals surface area contributed by atoms with Crippen LogP contribution >= 0.6 is 29.6 Å². The lowest BCUT2D eigenvalue weighted by Gasteiger charge is -1.69. The molecule has 0 saturated heterocycles. The van der Waals surface area contributed by atoms with Crippen molar-refractivity contribution in [3.05, 3.63) is 16.7 Å². The third-order valence-electron chi connectivity index (χ3n) is 0.353. The molecule has 0 radical (unpaired) electrons. The second kappa shape index (κ2) is 6.35. The third-order valence-corrected chi connectivity index (χ3v) is 0.482. The molecule has 0 atom stereocenters. The van der Waals surface area contributed by atoms with Crippen LogP contribution in [-0.2, 0) is 0 Å². The molecule has 2 heteroatoms. The summed E-state index contributed by atoms with van der Waals surface area (Å²) in [7, 11) is 0. The Balaban J connectivity index is 0. The van der Waals surface area contributed by atoms with Gasteiger partial charge in [0.25, 0.3) is 0 Å². The van der Waals surface area contributed by atoms with E-state index in [0.29, 0.717) is 0 Å². The minimum Gasteiger partial charge on any atom is -0.140 e. The summed E-state index contributed by atoms with van der Waals surface area (Å²) in [4.78, 5) is 0.928. The molecule has 0 heterocycles. The zero-order valence-corrected chi connectivity index (χ0v) is 7.04. The summed E-state index contributed by atoms with van der Waals surface area (Å²) in [6.45, 7) is 3.81. The summed E-state index contributed by atoms with van der Waals surface area (Å²) in [5.41, 5.74) is 2.86. The van der Waals surface area contributed by atoms with Crippen LogP contribution in [0.3, 0.4) is 0 Å². The predicted molar refractivity (Wildman–Crippen MR) is 42.3 cm³/mol. The fraction of sp³-hybridized carbons (Fsp3) is 0.400. The van der Waals surface area contributed by atoms with Gasteiger partial charge in [0.15, 0.2) is 0 Å². The van der Waals surface area contributed by atoms with Crippen molar-refractivity contribution >= 4 is 29.6 Å². The number of thiol groups is 1. The van der Waals surface area contributed by atoms with E-state index >= 15 is 0 Å². The first-order valence-corrected chi connectivity index (χ1v) is 2.29. The number of rotatable bonds is 0. The van der Waals surface area contributed by atoms with E-state index in [2.05, 4.69) is 18.4 Å². The molecule has 0 aliphatic heterocycles. The Morgan fingerprint density at radius 3 is 2.14 bits per heavy atom.